The molecule has 0 heterocycles. The Morgan fingerprint density at radius 2 is 1.74 bits per heavy atom. The summed E-state index contributed by atoms with van der Waals surface area (Å²) >= 11 is 7.99. The highest BCUT2D eigenvalue weighted by molar-refractivity contribution is 14.1. The molecule has 1 nitrogen and oxygen atoms in total. The fraction of sp³-hybridized carbons (Fsp3) is 0.0769. The summed E-state index contributed by atoms with van der Waals surface area (Å²) in [6, 6.07) is 6.03. The normalized spacial score (nSPS) is 12.5. The fourth-order valence-corrected chi connectivity index (χ4v) is 2.19. The van der Waals surface area contributed by atoms with E-state index in [9.17, 15) is 13.2 Å². The van der Waals surface area contributed by atoms with Crippen LogP contribution in [-0.4, -0.2) is 0 Å². The summed E-state index contributed by atoms with van der Waals surface area (Å²) in [6.07, 6.45) is 0. The van der Waals surface area contributed by atoms with E-state index in [1.807, 2.05) is 22.6 Å². The van der Waals surface area contributed by atoms with Gasteiger partial charge in [0.2, 0.25) is 0 Å². The minimum absolute atomic E-state index is 0.115. The van der Waals surface area contributed by atoms with Crippen molar-refractivity contribution in [1.29, 1.82) is 0 Å². The van der Waals surface area contributed by atoms with Gasteiger partial charge in [-0.3, -0.25) is 0 Å². The minimum atomic E-state index is -1.52. The van der Waals surface area contributed by atoms with Crippen LogP contribution in [0.5, 0.6) is 0 Å². The van der Waals surface area contributed by atoms with Gasteiger partial charge in [-0.15, -0.1) is 0 Å². The van der Waals surface area contributed by atoms with Crippen LogP contribution in [0.3, 0.4) is 0 Å². The van der Waals surface area contributed by atoms with E-state index in [1.165, 1.54) is 0 Å². The molecule has 2 aromatic carbocycles. The van der Waals surface area contributed by atoms with Gasteiger partial charge in [0, 0.05) is 9.13 Å². The number of halogens is 5. The molecule has 0 saturated carbocycles. The van der Waals surface area contributed by atoms with Gasteiger partial charge in [0.15, 0.2) is 17.5 Å². The molecular weight excluding hydrogens is 390 g/mol. The van der Waals surface area contributed by atoms with Crippen LogP contribution < -0.4 is 5.73 Å². The van der Waals surface area contributed by atoms with Crippen molar-refractivity contribution in [2.75, 3.05) is 0 Å². The number of hydrogen-bond acceptors (Lipinski definition) is 1. The highest BCUT2D eigenvalue weighted by Crippen LogP contribution is 2.28. The zero-order chi connectivity index (χ0) is 14.2. The Bertz CT molecular complexity index is 634. The minimum Gasteiger partial charge on any atom is -0.320 e. The van der Waals surface area contributed by atoms with Crippen molar-refractivity contribution in [3.05, 3.63) is 67.5 Å². The number of nitrogens with two attached hydrogens (primary N) is 1. The van der Waals surface area contributed by atoms with Crippen LogP contribution in [0.15, 0.2) is 30.3 Å². The summed E-state index contributed by atoms with van der Waals surface area (Å²) in [7, 11) is 0. The Morgan fingerprint density at radius 1 is 1.05 bits per heavy atom. The van der Waals surface area contributed by atoms with E-state index in [-0.39, 0.29) is 5.56 Å². The third-order valence-electron chi connectivity index (χ3n) is 2.70. The van der Waals surface area contributed by atoms with Gasteiger partial charge in [-0.25, -0.2) is 13.2 Å². The van der Waals surface area contributed by atoms with E-state index in [0.29, 0.717) is 10.6 Å². The van der Waals surface area contributed by atoms with Crippen molar-refractivity contribution < 1.29 is 13.2 Å². The molecule has 1 unspecified atom stereocenters. The van der Waals surface area contributed by atoms with Crippen molar-refractivity contribution >= 4 is 34.2 Å². The zero-order valence-corrected chi connectivity index (χ0v) is 12.3. The van der Waals surface area contributed by atoms with E-state index in [1.54, 1.807) is 18.2 Å². The second kappa shape index (κ2) is 5.68. The average molecular weight is 398 g/mol. The average Bonchev–Trinajstić information content (AvgIpc) is 2.39. The molecule has 0 amide bonds. The molecule has 0 spiro atoms. The molecule has 6 heteroatoms. The Hall–Kier alpha value is -0.790. The van der Waals surface area contributed by atoms with Crippen LogP contribution in [-0.2, 0) is 0 Å². The molecule has 0 radical (unpaired) electrons. The lowest BCUT2D eigenvalue weighted by Crippen LogP contribution is -2.15. The molecule has 0 bridgehead atoms. The third-order valence-corrected chi connectivity index (χ3v) is 4.28. The van der Waals surface area contributed by atoms with Gasteiger partial charge in [-0.1, -0.05) is 23.7 Å². The van der Waals surface area contributed by atoms with Crippen LogP contribution in [0.2, 0.25) is 5.02 Å². The molecule has 0 saturated heterocycles. The maximum Gasteiger partial charge on any atom is 0.194 e. The first kappa shape index (κ1) is 14.6. The second-order valence-electron chi connectivity index (χ2n) is 3.92. The molecule has 2 rings (SSSR count). The van der Waals surface area contributed by atoms with Crippen molar-refractivity contribution in [1.82, 2.24) is 0 Å². The first-order valence-electron chi connectivity index (χ1n) is 5.25. The van der Waals surface area contributed by atoms with E-state index in [0.717, 1.165) is 15.7 Å². The van der Waals surface area contributed by atoms with Gasteiger partial charge in [0.1, 0.15) is 0 Å². The lowest BCUT2D eigenvalue weighted by Gasteiger charge is -2.14. The highest BCUT2D eigenvalue weighted by atomic mass is 127. The summed E-state index contributed by atoms with van der Waals surface area (Å²) < 4.78 is 40.5. The molecule has 0 aromatic heterocycles. The quantitative estimate of drug-likeness (QED) is 0.590. The fourth-order valence-electron chi connectivity index (χ4n) is 1.67. The smallest absolute Gasteiger partial charge is 0.194 e. The van der Waals surface area contributed by atoms with Crippen molar-refractivity contribution in [3.63, 3.8) is 0 Å². The lowest BCUT2D eigenvalue weighted by molar-refractivity contribution is 0.438. The van der Waals surface area contributed by atoms with Crippen LogP contribution in [0.25, 0.3) is 0 Å². The van der Waals surface area contributed by atoms with Gasteiger partial charge in [-0.05, 0) is 46.4 Å². The summed E-state index contributed by atoms with van der Waals surface area (Å²) in [4.78, 5) is 0. The SMILES string of the molecule is NC(c1ccc(I)c(Cl)c1)c1ccc(F)c(F)c1F. The summed E-state index contributed by atoms with van der Waals surface area (Å²) in [5, 5.41) is 0.469. The Kier molecular flexibility index (Phi) is 4.37. The van der Waals surface area contributed by atoms with Gasteiger partial charge in [-0.2, -0.15) is 0 Å². The number of rotatable bonds is 2. The van der Waals surface area contributed by atoms with Gasteiger partial charge < -0.3 is 5.73 Å². The monoisotopic (exact) mass is 397 g/mol. The number of hydrogen-bond donors (Lipinski definition) is 1. The molecular formula is C13H8ClF3IN. The van der Waals surface area contributed by atoms with Gasteiger partial charge >= 0.3 is 0 Å². The van der Waals surface area contributed by atoms with Crippen molar-refractivity contribution in [2.45, 2.75) is 6.04 Å². The van der Waals surface area contributed by atoms with Gasteiger partial charge in [0.25, 0.3) is 0 Å². The molecule has 2 aromatic rings. The van der Waals surface area contributed by atoms with Crippen LogP contribution >= 0.6 is 34.2 Å². The Morgan fingerprint density at radius 3 is 2.37 bits per heavy atom. The molecule has 0 aliphatic rings. The first-order chi connectivity index (χ1) is 8.91. The summed E-state index contributed by atoms with van der Waals surface area (Å²) in [6.45, 7) is 0. The van der Waals surface area contributed by atoms with Crippen molar-refractivity contribution in [2.24, 2.45) is 5.73 Å². The molecule has 1 atom stereocenters. The Labute approximate surface area is 126 Å². The molecule has 100 valence electrons. The maximum atomic E-state index is 13.6. The molecule has 0 fully saturated rings. The molecule has 0 aliphatic carbocycles. The Balaban J connectivity index is 2.47. The zero-order valence-electron chi connectivity index (χ0n) is 9.43. The second-order valence-corrected chi connectivity index (χ2v) is 5.49. The first-order valence-corrected chi connectivity index (χ1v) is 6.71. The number of benzene rings is 2. The van der Waals surface area contributed by atoms with E-state index >= 15 is 0 Å². The van der Waals surface area contributed by atoms with E-state index < -0.39 is 23.5 Å². The van der Waals surface area contributed by atoms with E-state index in [4.69, 9.17) is 17.3 Å². The predicted octanol–water partition coefficient (Wildman–Crippen LogP) is 4.41. The summed E-state index contributed by atoms with van der Waals surface area (Å²) in [5.74, 6) is -4.04. The third kappa shape index (κ3) is 2.88. The molecule has 0 aliphatic heterocycles. The van der Waals surface area contributed by atoms with Crippen molar-refractivity contribution in [3.8, 4) is 0 Å². The molecule has 19 heavy (non-hydrogen) atoms. The van der Waals surface area contributed by atoms with Gasteiger partial charge in [0.05, 0.1) is 11.1 Å². The maximum absolute atomic E-state index is 13.6. The largest absolute Gasteiger partial charge is 0.320 e. The van der Waals surface area contributed by atoms with Crippen LogP contribution in [0.1, 0.15) is 17.2 Å². The lowest BCUT2D eigenvalue weighted by atomic mass is 9.99. The van der Waals surface area contributed by atoms with Crippen LogP contribution in [0.4, 0.5) is 13.2 Å². The van der Waals surface area contributed by atoms with Crippen LogP contribution in [0, 0.1) is 21.0 Å². The molecule has 2 N–H and O–H groups in total. The topological polar surface area (TPSA) is 26.0 Å². The summed E-state index contributed by atoms with van der Waals surface area (Å²) in [5.41, 5.74) is 6.27. The standard InChI is InChI=1S/C13H8ClF3IN/c14-8-5-6(1-4-10(8)18)13(19)7-2-3-9(15)12(17)11(7)16/h1-5,13H,19H2. The predicted molar refractivity (Wildman–Crippen MR) is 76.5 cm³/mol. The highest BCUT2D eigenvalue weighted by Gasteiger charge is 2.19. The van der Waals surface area contributed by atoms with E-state index in [2.05, 4.69) is 0 Å².